The van der Waals surface area contributed by atoms with E-state index >= 15 is 0 Å². The van der Waals surface area contributed by atoms with Crippen molar-refractivity contribution in [2.45, 2.75) is 38.5 Å². The fourth-order valence-electron chi connectivity index (χ4n) is 2.99. The lowest BCUT2D eigenvalue weighted by molar-refractivity contribution is 0.395. The van der Waals surface area contributed by atoms with E-state index in [4.69, 9.17) is 4.74 Å². The van der Waals surface area contributed by atoms with Crippen LogP contribution in [-0.4, -0.2) is 12.1 Å². The third-order valence-corrected chi connectivity index (χ3v) is 3.97. The van der Waals surface area contributed by atoms with Crippen LogP contribution in [0.25, 0.3) is 0 Å². The minimum Gasteiger partial charge on any atom is -0.496 e. The van der Waals surface area contributed by atoms with Gasteiger partial charge in [-0.2, -0.15) is 0 Å². The highest BCUT2D eigenvalue weighted by molar-refractivity contribution is 5.38. The molecular weight excluding hydrogens is 246 g/mol. The van der Waals surface area contributed by atoms with Crippen LogP contribution in [0, 0.1) is 0 Å². The van der Waals surface area contributed by atoms with Gasteiger partial charge in [0.05, 0.1) is 7.11 Å². The summed E-state index contributed by atoms with van der Waals surface area (Å²) in [7, 11) is 1.74. The molecule has 1 aromatic carbocycles. The number of rotatable bonds is 6. The molecule has 0 N–H and O–H groups in total. The summed E-state index contributed by atoms with van der Waals surface area (Å²) in [5, 5.41) is 0. The monoisotopic (exact) mass is 269 g/mol. The van der Waals surface area contributed by atoms with Gasteiger partial charge in [0.25, 0.3) is 0 Å². The number of hydrogen-bond acceptors (Lipinski definition) is 2. The summed E-state index contributed by atoms with van der Waals surface area (Å²) in [6, 6.07) is 14.5. The predicted molar refractivity (Wildman–Crippen MR) is 83.3 cm³/mol. The minimum atomic E-state index is 0.428. The quantitative estimate of drug-likeness (QED) is 0.753. The Balaban J connectivity index is 2.39. The molecular formula is C18H23NO. The summed E-state index contributed by atoms with van der Waals surface area (Å²) in [6.07, 6.45) is 4.04. The lowest BCUT2D eigenvalue weighted by Crippen LogP contribution is -2.12. The average molecular weight is 269 g/mol. The van der Waals surface area contributed by atoms with E-state index in [9.17, 15) is 0 Å². The lowest BCUT2D eigenvalue weighted by atomic mass is 9.80. The van der Waals surface area contributed by atoms with Crippen LogP contribution in [0.4, 0.5) is 0 Å². The summed E-state index contributed by atoms with van der Waals surface area (Å²) < 4.78 is 5.54. The largest absolute Gasteiger partial charge is 0.496 e. The van der Waals surface area contributed by atoms with Gasteiger partial charge in [-0.1, -0.05) is 38.1 Å². The van der Waals surface area contributed by atoms with Crippen molar-refractivity contribution in [1.82, 2.24) is 4.98 Å². The summed E-state index contributed by atoms with van der Waals surface area (Å²) in [5.41, 5.74) is 2.46. The van der Waals surface area contributed by atoms with Gasteiger partial charge in [0.15, 0.2) is 0 Å². The van der Waals surface area contributed by atoms with Crippen LogP contribution in [0.5, 0.6) is 5.75 Å². The Morgan fingerprint density at radius 3 is 2.25 bits per heavy atom. The SMILES string of the molecule is CC[C@H](c1ccccn1)[C@@H](CC)c1ccccc1OC. The first-order valence-corrected chi connectivity index (χ1v) is 7.35. The van der Waals surface area contributed by atoms with E-state index in [1.54, 1.807) is 7.11 Å². The fraction of sp³-hybridized carbons (Fsp3) is 0.389. The Kier molecular flexibility index (Phi) is 5.16. The second kappa shape index (κ2) is 7.09. The van der Waals surface area contributed by atoms with Crippen molar-refractivity contribution in [3.05, 3.63) is 59.9 Å². The van der Waals surface area contributed by atoms with Gasteiger partial charge in [-0.05, 0) is 42.5 Å². The molecule has 0 saturated heterocycles. The molecule has 0 radical (unpaired) electrons. The molecule has 2 rings (SSSR count). The van der Waals surface area contributed by atoms with Gasteiger partial charge in [0.2, 0.25) is 0 Å². The van der Waals surface area contributed by atoms with Crippen molar-refractivity contribution in [2.24, 2.45) is 0 Å². The topological polar surface area (TPSA) is 22.1 Å². The number of methoxy groups -OCH3 is 1. The van der Waals surface area contributed by atoms with E-state index in [0.29, 0.717) is 11.8 Å². The van der Waals surface area contributed by atoms with E-state index in [0.717, 1.165) is 18.6 Å². The number of aromatic nitrogens is 1. The molecule has 1 aromatic heterocycles. The molecule has 0 aliphatic carbocycles. The van der Waals surface area contributed by atoms with Crippen LogP contribution in [0.2, 0.25) is 0 Å². The lowest BCUT2D eigenvalue weighted by Gasteiger charge is -2.26. The van der Waals surface area contributed by atoms with E-state index in [-0.39, 0.29) is 0 Å². The number of ether oxygens (including phenoxy) is 1. The molecule has 2 heteroatoms. The molecule has 0 saturated carbocycles. The summed E-state index contributed by atoms with van der Waals surface area (Å²) in [5.74, 6) is 1.84. The Bertz CT molecular complexity index is 524. The number of benzene rings is 1. The van der Waals surface area contributed by atoms with Gasteiger partial charge < -0.3 is 4.74 Å². The van der Waals surface area contributed by atoms with E-state index in [1.165, 1.54) is 11.3 Å². The van der Waals surface area contributed by atoms with Gasteiger partial charge in [-0.3, -0.25) is 4.98 Å². The normalized spacial score (nSPS) is 13.8. The summed E-state index contributed by atoms with van der Waals surface area (Å²) in [6.45, 7) is 4.47. The molecule has 0 bridgehead atoms. The van der Waals surface area contributed by atoms with Gasteiger partial charge in [-0.15, -0.1) is 0 Å². The van der Waals surface area contributed by atoms with E-state index in [2.05, 4.69) is 43.1 Å². The first-order valence-electron chi connectivity index (χ1n) is 7.35. The second-order valence-corrected chi connectivity index (χ2v) is 5.03. The Hall–Kier alpha value is -1.83. The highest BCUT2D eigenvalue weighted by atomic mass is 16.5. The Labute approximate surface area is 121 Å². The number of nitrogens with zero attached hydrogens (tertiary/aromatic N) is 1. The molecule has 0 aliphatic rings. The van der Waals surface area contributed by atoms with E-state index in [1.807, 2.05) is 24.4 Å². The number of hydrogen-bond donors (Lipinski definition) is 0. The zero-order chi connectivity index (χ0) is 14.4. The minimum absolute atomic E-state index is 0.428. The maximum Gasteiger partial charge on any atom is 0.122 e. The molecule has 0 unspecified atom stereocenters. The molecule has 0 fully saturated rings. The van der Waals surface area contributed by atoms with Crippen LogP contribution in [-0.2, 0) is 0 Å². The first-order chi connectivity index (χ1) is 9.81. The molecule has 0 aliphatic heterocycles. The molecule has 2 atom stereocenters. The standard InChI is InChI=1S/C18H23NO/c1-4-14(16-10-6-7-12-18(16)20-3)15(5-2)17-11-8-9-13-19-17/h6-15H,4-5H2,1-3H3/t14-,15+/m1/s1. The average Bonchev–Trinajstić information content (AvgIpc) is 2.53. The van der Waals surface area contributed by atoms with Crippen LogP contribution in [0.1, 0.15) is 49.8 Å². The van der Waals surface area contributed by atoms with Crippen LogP contribution >= 0.6 is 0 Å². The van der Waals surface area contributed by atoms with E-state index < -0.39 is 0 Å². The molecule has 0 spiro atoms. The molecule has 2 aromatic rings. The fourth-order valence-corrected chi connectivity index (χ4v) is 2.99. The van der Waals surface area contributed by atoms with Crippen molar-refractivity contribution < 1.29 is 4.74 Å². The molecule has 20 heavy (non-hydrogen) atoms. The summed E-state index contributed by atoms with van der Waals surface area (Å²) >= 11 is 0. The van der Waals surface area contributed by atoms with Crippen molar-refractivity contribution in [1.29, 1.82) is 0 Å². The van der Waals surface area contributed by atoms with Crippen molar-refractivity contribution in [2.75, 3.05) is 7.11 Å². The maximum atomic E-state index is 5.54. The molecule has 2 nitrogen and oxygen atoms in total. The third-order valence-electron chi connectivity index (χ3n) is 3.97. The highest BCUT2D eigenvalue weighted by Crippen LogP contribution is 2.40. The van der Waals surface area contributed by atoms with Crippen molar-refractivity contribution in [3.63, 3.8) is 0 Å². The highest BCUT2D eigenvalue weighted by Gasteiger charge is 2.25. The second-order valence-electron chi connectivity index (χ2n) is 5.03. The van der Waals surface area contributed by atoms with Crippen LogP contribution < -0.4 is 4.74 Å². The molecule has 1 heterocycles. The van der Waals surface area contributed by atoms with Gasteiger partial charge in [0, 0.05) is 17.8 Å². The van der Waals surface area contributed by atoms with Crippen molar-refractivity contribution >= 4 is 0 Å². The van der Waals surface area contributed by atoms with Gasteiger partial charge in [0.1, 0.15) is 5.75 Å². The van der Waals surface area contributed by atoms with Crippen molar-refractivity contribution in [3.8, 4) is 5.75 Å². The maximum absolute atomic E-state index is 5.54. The zero-order valence-corrected chi connectivity index (χ0v) is 12.5. The smallest absolute Gasteiger partial charge is 0.122 e. The Morgan fingerprint density at radius 1 is 0.950 bits per heavy atom. The van der Waals surface area contributed by atoms with Gasteiger partial charge in [-0.25, -0.2) is 0 Å². The molecule has 0 amide bonds. The first kappa shape index (κ1) is 14.6. The van der Waals surface area contributed by atoms with Crippen LogP contribution in [0.3, 0.4) is 0 Å². The zero-order valence-electron chi connectivity index (χ0n) is 12.5. The third kappa shape index (κ3) is 3.01. The molecule has 106 valence electrons. The number of para-hydroxylation sites is 1. The predicted octanol–water partition coefficient (Wildman–Crippen LogP) is 4.78. The summed E-state index contributed by atoms with van der Waals surface area (Å²) in [4.78, 5) is 4.56. The number of pyridine rings is 1. The van der Waals surface area contributed by atoms with Gasteiger partial charge >= 0.3 is 0 Å². The van der Waals surface area contributed by atoms with Crippen LogP contribution in [0.15, 0.2) is 48.7 Å². The Morgan fingerprint density at radius 2 is 1.65 bits per heavy atom.